The molecule has 1 amide bonds. The molecule has 0 aromatic heterocycles. The third-order valence-corrected chi connectivity index (χ3v) is 6.18. The van der Waals surface area contributed by atoms with E-state index in [-0.39, 0.29) is 16.6 Å². The first-order chi connectivity index (χ1) is 11.8. The van der Waals surface area contributed by atoms with Crippen molar-refractivity contribution in [3.8, 4) is 0 Å². The van der Waals surface area contributed by atoms with Gasteiger partial charge in [-0.2, -0.15) is 0 Å². The van der Waals surface area contributed by atoms with E-state index in [1.54, 1.807) is 18.2 Å². The van der Waals surface area contributed by atoms with E-state index < -0.39 is 10.0 Å². The highest BCUT2D eigenvalue weighted by Gasteiger charge is 2.35. The van der Waals surface area contributed by atoms with E-state index in [2.05, 4.69) is 4.72 Å². The Labute approximate surface area is 154 Å². The molecule has 1 atom stereocenters. The highest BCUT2D eigenvalue weighted by Crippen LogP contribution is 2.35. The highest BCUT2D eigenvalue weighted by atomic mass is 35.5. The van der Waals surface area contributed by atoms with E-state index in [1.807, 2.05) is 4.90 Å². The quantitative estimate of drug-likeness (QED) is 0.856. The molecule has 1 aromatic carbocycles. The molecule has 1 N–H and O–H groups in total. The van der Waals surface area contributed by atoms with Gasteiger partial charge >= 0.3 is 0 Å². The van der Waals surface area contributed by atoms with Crippen molar-refractivity contribution in [2.75, 3.05) is 17.5 Å². The molecule has 5 nitrogen and oxygen atoms in total. The number of likely N-dealkylation sites (tertiary alicyclic amines) is 1. The number of anilines is 1. The van der Waals surface area contributed by atoms with Crippen LogP contribution in [-0.2, 0) is 10.0 Å². The molecule has 2 aliphatic rings. The Kier molecular flexibility index (Phi) is 5.58. The van der Waals surface area contributed by atoms with Gasteiger partial charge in [0, 0.05) is 18.2 Å². The Morgan fingerprint density at radius 2 is 1.88 bits per heavy atom. The average Bonchev–Trinajstić information content (AvgIpc) is 3.05. The van der Waals surface area contributed by atoms with Gasteiger partial charge in [0.05, 0.1) is 17.0 Å². The van der Waals surface area contributed by atoms with E-state index in [0.29, 0.717) is 17.5 Å². The molecule has 1 aliphatic heterocycles. The van der Waals surface area contributed by atoms with Gasteiger partial charge in [0.15, 0.2) is 0 Å². The van der Waals surface area contributed by atoms with Crippen molar-refractivity contribution in [3.63, 3.8) is 0 Å². The molecular formula is C18H25ClN2O3S. The lowest BCUT2D eigenvalue weighted by Crippen LogP contribution is -2.40. The third kappa shape index (κ3) is 4.47. The lowest BCUT2D eigenvalue weighted by atomic mass is 9.83. The molecule has 1 unspecified atom stereocenters. The highest BCUT2D eigenvalue weighted by molar-refractivity contribution is 7.92. The predicted octanol–water partition coefficient (Wildman–Crippen LogP) is 3.90. The number of rotatable bonds is 4. The minimum absolute atomic E-state index is 0.0266. The maximum Gasteiger partial charge on any atom is 0.254 e. The lowest BCUT2D eigenvalue weighted by Gasteiger charge is -2.34. The second-order valence-electron chi connectivity index (χ2n) is 7.18. The molecule has 0 spiro atoms. The molecule has 2 fully saturated rings. The first-order valence-corrected chi connectivity index (χ1v) is 11.2. The second kappa shape index (κ2) is 7.54. The maximum atomic E-state index is 13.0. The van der Waals surface area contributed by atoms with Gasteiger partial charge in [0.1, 0.15) is 0 Å². The van der Waals surface area contributed by atoms with Gasteiger partial charge in [-0.05, 0) is 49.8 Å². The zero-order valence-corrected chi connectivity index (χ0v) is 16.1. The summed E-state index contributed by atoms with van der Waals surface area (Å²) < 4.78 is 25.3. The molecule has 1 aromatic rings. The van der Waals surface area contributed by atoms with Crippen LogP contribution in [0.15, 0.2) is 18.2 Å². The van der Waals surface area contributed by atoms with Crippen molar-refractivity contribution >= 4 is 33.2 Å². The molecule has 1 heterocycles. The topological polar surface area (TPSA) is 66.5 Å². The van der Waals surface area contributed by atoms with Crippen LogP contribution in [0.4, 0.5) is 5.69 Å². The first kappa shape index (κ1) is 18.5. The minimum atomic E-state index is -3.45. The van der Waals surface area contributed by atoms with Gasteiger partial charge in [0.25, 0.3) is 5.91 Å². The van der Waals surface area contributed by atoms with E-state index >= 15 is 0 Å². The molecule has 3 rings (SSSR count). The average molecular weight is 385 g/mol. The van der Waals surface area contributed by atoms with E-state index in [4.69, 9.17) is 11.6 Å². The van der Waals surface area contributed by atoms with Crippen LogP contribution in [0.25, 0.3) is 0 Å². The van der Waals surface area contributed by atoms with E-state index in [9.17, 15) is 13.2 Å². The van der Waals surface area contributed by atoms with Gasteiger partial charge < -0.3 is 4.90 Å². The molecule has 1 saturated carbocycles. The van der Waals surface area contributed by atoms with Gasteiger partial charge in [0.2, 0.25) is 10.0 Å². The Morgan fingerprint density at radius 1 is 1.16 bits per heavy atom. The van der Waals surface area contributed by atoms with Crippen molar-refractivity contribution in [3.05, 3.63) is 28.8 Å². The predicted molar refractivity (Wildman–Crippen MR) is 101 cm³/mol. The number of hydrogen-bond acceptors (Lipinski definition) is 3. The van der Waals surface area contributed by atoms with Gasteiger partial charge in [-0.15, -0.1) is 0 Å². The van der Waals surface area contributed by atoms with Crippen molar-refractivity contribution < 1.29 is 13.2 Å². The van der Waals surface area contributed by atoms with Crippen molar-refractivity contribution in [2.24, 2.45) is 5.92 Å². The number of halogens is 1. The smallest absolute Gasteiger partial charge is 0.254 e. The second-order valence-corrected chi connectivity index (χ2v) is 9.33. The largest absolute Gasteiger partial charge is 0.335 e. The molecule has 0 bridgehead atoms. The summed E-state index contributed by atoms with van der Waals surface area (Å²) >= 11 is 6.07. The first-order valence-electron chi connectivity index (χ1n) is 8.93. The van der Waals surface area contributed by atoms with Gasteiger partial charge in [-0.1, -0.05) is 30.9 Å². The van der Waals surface area contributed by atoms with Crippen LogP contribution in [-0.4, -0.2) is 38.1 Å². The summed E-state index contributed by atoms with van der Waals surface area (Å²) in [6.07, 6.45) is 9.39. The van der Waals surface area contributed by atoms with Crippen molar-refractivity contribution in [2.45, 2.75) is 51.0 Å². The SMILES string of the molecule is CS(=O)(=O)Nc1cc(C(=O)N2CCCC2C2CCCCC2)ccc1Cl. The van der Waals surface area contributed by atoms with Crippen LogP contribution in [0.3, 0.4) is 0 Å². The molecule has 1 saturated heterocycles. The van der Waals surface area contributed by atoms with E-state index in [0.717, 1.165) is 25.6 Å². The number of hydrogen-bond donors (Lipinski definition) is 1. The number of carbonyl (C=O) groups excluding carboxylic acids is 1. The van der Waals surface area contributed by atoms with Crippen LogP contribution in [0.5, 0.6) is 0 Å². The fraction of sp³-hybridized carbons (Fsp3) is 0.611. The number of carbonyl (C=O) groups is 1. The summed E-state index contributed by atoms with van der Waals surface area (Å²) in [5.74, 6) is 0.572. The Balaban J connectivity index is 1.81. The Hall–Kier alpha value is -1.27. The zero-order valence-electron chi connectivity index (χ0n) is 14.5. The van der Waals surface area contributed by atoms with E-state index in [1.165, 1.54) is 32.1 Å². The summed E-state index contributed by atoms with van der Waals surface area (Å²) in [6, 6.07) is 5.11. The summed E-state index contributed by atoms with van der Waals surface area (Å²) in [6.45, 7) is 0.775. The summed E-state index contributed by atoms with van der Waals surface area (Å²) in [5, 5.41) is 0.284. The number of sulfonamides is 1. The van der Waals surface area contributed by atoms with Crippen molar-refractivity contribution in [1.82, 2.24) is 4.90 Å². The standard InChI is InChI=1S/C18H25ClN2O3S/c1-25(23,24)20-16-12-14(9-10-15(16)19)18(22)21-11-5-8-17(21)13-6-3-2-4-7-13/h9-10,12-13,17,20H,2-8,11H2,1H3. The Morgan fingerprint density at radius 3 is 2.56 bits per heavy atom. The number of amides is 1. The van der Waals surface area contributed by atoms with Crippen LogP contribution >= 0.6 is 11.6 Å². The van der Waals surface area contributed by atoms with Crippen LogP contribution < -0.4 is 4.72 Å². The molecular weight excluding hydrogens is 360 g/mol. The molecule has 138 valence electrons. The summed E-state index contributed by atoms with van der Waals surface area (Å²) in [5.41, 5.74) is 0.738. The fourth-order valence-electron chi connectivity index (χ4n) is 4.16. The maximum absolute atomic E-state index is 13.0. The molecule has 25 heavy (non-hydrogen) atoms. The monoisotopic (exact) mass is 384 g/mol. The van der Waals surface area contributed by atoms with Crippen LogP contribution in [0.2, 0.25) is 5.02 Å². The molecule has 1 aliphatic carbocycles. The van der Waals surface area contributed by atoms with Crippen LogP contribution in [0.1, 0.15) is 55.3 Å². The fourth-order valence-corrected chi connectivity index (χ4v) is 4.94. The third-order valence-electron chi connectivity index (χ3n) is 5.26. The molecule has 0 radical (unpaired) electrons. The number of nitrogens with zero attached hydrogens (tertiary/aromatic N) is 1. The molecule has 7 heteroatoms. The lowest BCUT2D eigenvalue weighted by molar-refractivity contribution is 0.0661. The Bertz CT molecular complexity index is 745. The number of nitrogens with one attached hydrogen (secondary N) is 1. The summed E-state index contributed by atoms with van der Waals surface area (Å²) in [4.78, 5) is 15.0. The van der Waals surface area contributed by atoms with Crippen molar-refractivity contribution in [1.29, 1.82) is 0 Å². The zero-order chi connectivity index (χ0) is 18.0. The number of benzene rings is 1. The summed E-state index contributed by atoms with van der Waals surface area (Å²) in [7, 11) is -3.45. The minimum Gasteiger partial charge on any atom is -0.335 e. The van der Waals surface area contributed by atoms with Gasteiger partial charge in [-0.3, -0.25) is 9.52 Å². The normalized spacial score (nSPS) is 22.2. The van der Waals surface area contributed by atoms with Gasteiger partial charge in [-0.25, -0.2) is 8.42 Å². The van der Waals surface area contributed by atoms with Crippen LogP contribution in [0, 0.1) is 5.92 Å².